The van der Waals surface area contributed by atoms with Crippen molar-refractivity contribution in [3.63, 3.8) is 0 Å². The van der Waals surface area contributed by atoms with E-state index in [1.165, 1.54) is 0 Å². The number of hydrogen-bond donors (Lipinski definition) is 1. The number of hydrogen-bond acceptors (Lipinski definition) is 4. The molecule has 2 rings (SSSR count). The Morgan fingerprint density at radius 1 is 1.44 bits per heavy atom. The van der Waals surface area contributed by atoms with E-state index in [-0.39, 0.29) is 6.04 Å². The predicted octanol–water partition coefficient (Wildman–Crippen LogP) is 2.90. The van der Waals surface area contributed by atoms with Crippen LogP contribution in [0.1, 0.15) is 33.8 Å². The summed E-state index contributed by atoms with van der Waals surface area (Å²) in [5.41, 5.74) is 8.31. The second-order valence-corrected chi connectivity index (χ2v) is 5.00. The van der Waals surface area contributed by atoms with E-state index in [9.17, 15) is 0 Å². The van der Waals surface area contributed by atoms with E-state index in [2.05, 4.69) is 10.4 Å². The van der Waals surface area contributed by atoms with Gasteiger partial charge in [-0.1, -0.05) is 0 Å². The number of furan rings is 1. The van der Waals surface area contributed by atoms with Gasteiger partial charge in [0.1, 0.15) is 11.5 Å². The maximum absolute atomic E-state index is 6.16. The van der Waals surface area contributed by atoms with Gasteiger partial charge in [0, 0.05) is 29.1 Å². The van der Waals surface area contributed by atoms with E-state index in [0.29, 0.717) is 0 Å². The molecule has 0 aliphatic rings. The summed E-state index contributed by atoms with van der Waals surface area (Å²) in [5, 5.41) is 3.14. The van der Waals surface area contributed by atoms with Crippen molar-refractivity contribution in [1.82, 2.24) is 4.98 Å². The molecule has 0 amide bonds. The first-order chi connectivity index (χ1) is 7.56. The molecule has 2 N–H and O–H groups in total. The summed E-state index contributed by atoms with van der Waals surface area (Å²) in [7, 11) is 0. The van der Waals surface area contributed by atoms with Gasteiger partial charge in [-0.2, -0.15) is 0 Å². The van der Waals surface area contributed by atoms with Crippen molar-refractivity contribution in [2.45, 2.75) is 33.2 Å². The van der Waals surface area contributed by atoms with Crippen LogP contribution in [0.4, 0.5) is 0 Å². The molecule has 2 aromatic rings. The van der Waals surface area contributed by atoms with Gasteiger partial charge < -0.3 is 10.2 Å². The second-order valence-electron chi connectivity index (χ2n) is 4.06. The fraction of sp³-hybridized carbons (Fsp3) is 0.417. The molecular weight excluding hydrogens is 220 g/mol. The summed E-state index contributed by atoms with van der Waals surface area (Å²) < 4.78 is 5.48. The van der Waals surface area contributed by atoms with Crippen LogP contribution in [0, 0.1) is 20.8 Å². The summed E-state index contributed by atoms with van der Waals surface area (Å²) in [5.74, 6) is 1.83. The molecule has 86 valence electrons. The van der Waals surface area contributed by atoms with Crippen molar-refractivity contribution >= 4 is 11.3 Å². The summed E-state index contributed by atoms with van der Waals surface area (Å²) >= 11 is 1.66. The standard InChI is InChI=1S/C12H16N2OS/c1-7-6-16-12(14-7)5-11(13)10-4-8(2)15-9(10)3/h4,6,11H,5,13H2,1-3H3. The summed E-state index contributed by atoms with van der Waals surface area (Å²) in [6, 6.07) is 1.99. The molecule has 2 heterocycles. The fourth-order valence-corrected chi connectivity index (χ4v) is 2.64. The molecule has 0 aliphatic carbocycles. The van der Waals surface area contributed by atoms with E-state index in [0.717, 1.165) is 34.2 Å². The molecule has 1 unspecified atom stereocenters. The molecule has 0 aromatic carbocycles. The molecular formula is C12H16N2OS. The number of aromatic nitrogens is 1. The Morgan fingerprint density at radius 2 is 2.19 bits per heavy atom. The van der Waals surface area contributed by atoms with Crippen LogP contribution in [0.2, 0.25) is 0 Å². The van der Waals surface area contributed by atoms with Crippen molar-refractivity contribution < 1.29 is 4.42 Å². The van der Waals surface area contributed by atoms with E-state index >= 15 is 0 Å². The van der Waals surface area contributed by atoms with Crippen molar-refractivity contribution in [3.05, 3.63) is 39.2 Å². The highest BCUT2D eigenvalue weighted by Crippen LogP contribution is 2.23. The first kappa shape index (κ1) is 11.4. The topological polar surface area (TPSA) is 52.0 Å². The second kappa shape index (κ2) is 4.39. The molecule has 16 heavy (non-hydrogen) atoms. The lowest BCUT2D eigenvalue weighted by Gasteiger charge is -2.07. The average Bonchev–Trinajstić information content (AvgIpc) is 2.73. The third-order valence-electron chi connectivity index (χ3n) is 2.54. The number of nitrogens with zero attached hydrogens (tertiary/aromatic N) is 1. The Bertz CT molecular complexity index is 487. The monoisotopic (exact) mass is 236 g/mol. The lowest BCUT2D eigenvalue weighted by Crippen LogP contribution is -2.13. The minimum absolute atomic E-state index is 0.0250. The minimum atomic E-state index is -0.0250. The van der Waals surface area contributed by atoms with Gasteiger partial charge in [0.2, 0.25) is 0 Å². The minimum Gasteiger partial charge on any atom is -0.466 e. The lowest BCUT2D eigenvalue weighted by atomic mass is 10.1. The van der Waals surface area contributed by atoms with E-state index in [1.54, 1.807) is 11.3 Å². The van der Waals surface area contributed by atoms with Crippen molar-refractivity contribution in [3.8, 4) is 0 Å². The van der Waals surface area contributed by atoms with Crippen LogP contribution in [0.15, 0.2) is 15.9 Å². The molecule has 0 radical (unpaired) electrons. The van der Waals surface area contributed by atoms with Gasteiger partial charge in [-0.05, 0) is 26.8 Å². The molecule has 2 aromatic heterocycles. The first-order valence-electron chi connectivity index (χ1n) is 5.30. The van der Waals surface area contributed by atoms with Gasteiger partial charge in [0.25, 0.3) is 0 Å². The van der Waals surface area contributed by atoms with Crippen LogP contribution in [0.5, 0.6) is 0 Å². The quantitative estimate of drug-likeness (QED) is 0.891. The zero-order valence-electron chi connectivity index (χ0n) is 9.78. The number of rotatable bonds is 3. The molecule has 0 spiro atoms. The van der Waals surface area contributed by atoms with Crippen LogP contribution in [0.3, 0.4) is 0 Å². The molecule has 4 heteroatoms. The van der Waals surface area contributed by atoms with Gasteiger partial charge in [-0.15, -0.1) is 11.3 Å². The zero-order valence-corrected chi connectivity index (χ0v) is 10.6. The van der Waals surface area contributed by atoms with Crippen LogP contribution in [0.25, 0.3) is 0 Å². The maximum atomic E-state index is 6.16. The zero-order chi connectivity index (χ0) is 11.7. The van der Waals surface area contributed by atoms with Crippen LogP contribution >= 0.6 is 11.3 Å². The average molecular weight is 236 g/mol. The van der Waals surface area contributed by atoms with E-state index < -0.39 is 0 Å². The molecule has 0 saturated carbocycles. The predicted molar refractivity (Wildman–Crippen MR) is 65.7 cm³/mol. The van der Waals surface area contributed by atoms with Crippen molar-refractivity contribution in [1.29, 1.82) is 0 Å². The Balaban J connectivity index is 2.14. The summed E-state index contributed by atoms with van der Waals surface area (Å²) in [6.45, 7) is 5.89. The van der Waals surface area contributed by atoms with Crippen LogP contribution in [-0.2, 0) is 6.42 Å². The van der Waals surface area contributed by atoms with Crippen molar-refractivity contribution in [2.75, 3.05) is 0 Å². The molecule has 1 atom stereocenters. The largest absolute Gasteiger partial charge is 0.466 e. The number of nitrogens with two attached hydrogens (primary N) is 1. The Hall–Kier alpha value is -1.13. The highest BCUT2D eigenvalue weighted by molar-refractivity contribution is 7.09. The van der Waals surface area contributed by atoms with Gasteiger partial charge in [0.05, 0.1) is 5.01 Å². The Morgan fingerprint density at radius 3 is 2.69 bits per heavy atom. The third-order valence-corrected chi connectivity index (χ3v) is 3.53. The summed E-state index contributed by atoms with van der Waals surface area (Å²) in [6.07, 6.45) is 0.776. The van der Waals surface area contributed by atoms with Gasteiger partial charge in [0.15, 0.2) is 0 Å². The van der Waals surface area contributed by atoms with Crippen LogP contribution < -0.4 is 5.73 Å². The Kier molecular flexibility index (Phi) is 3.12. The fourth-order valence-electron chi connectivity index (χ4n) is 1.81. The Labute approximate surface area is 99.3 Å². The van der Waals surface area contributed by atoms with Gasteiger partial charge in [-0.25, -0.2) is 4.98 Å². The van der Waals surface area contributed by atoms with Crippen LogP contribution in [-0.4, -0.2) is 4.98 Å². The highest BCUT2D eigenvalue weighted by atomic mass is 32.1. The molecule has 0 fully saturated rings. The smallest absolute Gasteiger partial charge is 0.105 e. The normalized spacial score (nSPS) is 13.0. The van der Waals surface area contributed by atoms with Crippen molar-refractivity contribution in [2.24, 2.45) is 5.73 Å². The highest BCUT2D eigenvalue weighted by Gasteiger charge is 2.15. The van der Waals surface area contributed by atoms with E-state index in [4.69, 9.17) is 10.2 Å². The SMILES string of the molecule is Cc1csc(CC(N)c2cc(C)oc2C)n1. The lowest BCUT2D eigenvalue weighted by molar-refractivity contribution is 0.497. The van der Waals surface area contributed by atoms with Gasteiger partial charge >= 0.3 is 0 Å². The molecule has 3 nitrogen and oxygen atoms in total. The molecule has 0 bridgehead atoms. The molecule has 0 aliphatic heterocycles. The number of thiazole rings is 1. The third kappa shape index (κ3) is 2.33. The number of aryl methyl sites for hydroxylation is 3. The first-order valence-corrected chi connectivity index (χ1v) is 6.17. The summed E-state index contributed by atoms with van der Waals surface area (Å²) in [4.78, 5) is 4.42. The molecule has 0 saturated heterocycles. The van der Waals surface area contributed by atoms with E-state index in [1.807, 2.05) is 26.8 Å². The van der Waals surface area contributed by atoms with Gasteiger partial charge in [-0.3, -0.25) is 0 Å². The maximum Gasteiger partial charge on any atom is 0.105 e.